The number of rotatable bonds is 2. The van der Waals surface area contributed by atoms with Crippen LogP contribution in [0.1, 0.15) is 22.4 Å². The Kier molecular flexibility index (Phi) is 3.69. The third kappa shape index (κ3) is 2.60. The molecule has 1 N–H and O–H groups in total. The lowest BCUT2D eigenvalue weighted by Crippen LogP contribution is -2.26. The van der Waals surface area contributed by atoms with Crippen molar-refractivity contribution >= 4 is 10.9 Å². The van der Waals surface area contributed by atoms with Crippen molar-refractivity contribution in [3.63, 3.8) is 0 Å². The topological polar surface area (TPSA) is 36.9 Å². The first-order valence-corrected chi connectivity index (χ1v) is 9.55. The maximum Gasteiger partial charge on any atom is 0.0789 e. The van der Waals surface area contributed by atoms with Gasteiger partial charge in [0.15, 0.2) is 0 Å². The van der Waals surface area contributed by atoms with Crippen LogP contribution in [-0.2, 0) is 13.0 Å². The van der Waals surface area contributed by atoms with Crippen LogP contribution in [0.5, 0.6) is 0 Å². The second-order valence-corrected chi connectivity index (χ2v) is 7.69. The Morgan fingerprint density at radius 1 is 1.04 bits per heavy atom. The molecular formula is C23H24N4. The Morgan fingerprint density at radius 3 is 2.67 bits per heavy atom. The van der Waals surface area contributed by atoms with Crippen LogP contribution in [0.4, 0.5) is 0 Å². The van der Waals surface area contributed by atoms with E-state index in [9.17, 15) is 0 Å². The van der Waals surface area contributed by atoms with E-state index in [0.717, 1.165) is 19.5 Å². The summed E-state index contributed by atoms with van der Waals surface area (Å²) >= 11 is 0. The summed E-state index contributed by atoms with van der Waals surface area (Å²) in [5.41, 5.74) is 9.95. The summed E-state index contributed by atoms with van der Waals surface area (Å²) in [4.78, 5) is 5.68. The number of hydrogen-bond acceptors (Lipinski definition) is 2. The van der Waals surface area contributed by atoms with Gasteiger partial charge in [0.1, 0.15) is 0 Å². The van der Waals surface area contributed by atoms with E-state index in [0.29, 0.717) is 0 Å². The molecule has 5 rings (SSSR count). The van der Waals surface area contributed by atoms with Gasteiger partial charge in [-0.2, -0.15) is 5.10 Å². The Balaban J connectivity index is 1.81. The number of fused-ring (bicyclic) bond motifs is 2. The standard InChI is InChI=1S/C23H24N4/c1-15-5-4-6-16(2)22(15)27-23(19-14-26(3)12-10-21(19)25-27)18-7-8-20-17(13-18)9-11-24-20/h4-9,11,13,24H,10,12,14H2,1-3H3. The van der Waals surface area contributed by atoms with E-state index in [-0.39, 0.29) is 0 Å². The molecule has 0 bridgehead atoms. The average molecular weight is 356 g/mol. The van der Waals surface area contributed by atoms with E-state index in [4.69, 9.17) is 5.10 Å². The minimum absolute atomic E-state index is 0.945. The molecule has 0 amide bonds. The molecule has 0 spiro atoms. The molecule has 2 aromatic heterocycles. The number of likely N-dealkylation sites (N-methyl/N-ethyl adjacent to an activating group) is 1. The normalized spacial score (nSPS) is 14.6. The SMILES string of the molecule is Cc1cccc(C)c1-n1nc2c(c1-c1ccc3[nH]ccc3c1)CN(C)CC2. The Labute approximate surface area is 159 Å². The molecule has 0 unspecified atom stereocenters. The highest BCUT2D eigenvalue weighted by atomic mass is 15.3. The number of nitrogens with one attached hydrogen (secondary N) is 1. The van der Waals surface area contributed by atoms with Gasteiger partial charge in [-0.1, -0.05) is 24.3 Å². The monoisotopic (exact) mass is 356 g/mol. The number of aryl methyl sites for hydroxylation is 2. The molecule has 4 heteroatoms. The van der Waals surface area contributed by atoms with Crippen molar-refractivity contribution in [2.75, 3.05) is 13.6 Å². The number of hydrogen-bond donors (Lipinski definition) is 1. The maximum absolute atomic E-state index is 5.10. The molecule has 1 aliphatic heterocycles. The summed E-state index contributed by atoms with van der Waals surface area (Å²) in [6, 6.07) is 15.3. The summed E-state index contributed by atoms with van der Waals surface area (Å²) < 4.78 is 2.20. The van der Waals surface area contributed by atoms with Gasteiger partial charge >= 0.3 is 0 Å². The third-order valence-electron chi connectivity index (χ3n) is 5.70. The minimum atomic E-state index is 0.945. The van der Waals surface area contributed by atoms with Crippen molar-refractivity contribution in [2.45, 2.75) is 26.8 Å². The summed E-state index contributed by atoms with van der Waals surface area (Å²) in [5, 5.41) is 6.34. The van der Waals surface area contributed by atoms with Crippen LogP contribution in [0.2, 0.25) is 0 Å². The highest BCUT2D eigenvalue weighted by molar-refractivity contribution is 5.85. The molecule has 4 aromatic rings. The summed E-state index contributed by atoms with van der Waals surface area (Å²) in [6.45, 7) is 6.36. The first-order valence-electron chi connectivity index (χ1n) is 9.55. The van der Waals surface area contributed by atoms with Crippen molar-refractivity contribution in [2.24, 2.45) is 0 Å². The first-order chi connectivity index (χ1) is 13.1. The second kappa shape index (κ2) is 6.10. The molecule has 136 valence electrons. The molecule has 2 aromatic carbocycles. The van der Waals surface area contributed by atoms with Gasteiger partial charge in [-0.25, -0.2) is 4.68 Å². The number of H-pyrrole nitrogens is 1. The van der Waals surface area contributed by atoms with Gasteiger partial charge in [0.25, 0.3) is 0 Å². The van der Waals surface area contributed by atoms with Gasteiger partial charge in [0.2, 0.25) is 0 Å². The van der Waals surface area contributed by atoms with Crippen molar-refractivity contribution in [1.29, 1.82) is 0 Å². The van der Waals surface area contributed by atoms with Crippen LogP contribution in [-0.4, -0.2) is 33.3 Å². The third-order valence-corrected chi connectivity index (χ3v) is 5.70. The van der Waals surface area contributed by atoms with Gasteiger partial charge in [0, 0.05) is 47.7 Å². The quantitative estimate of drug-likeness (QED) is 0.569. The molecule has 1 aliphatic rings. The lowest BCUT2D eigenvalue weighted by atomic mass is 9.99. The van der Waals surface area contributed by atoms with Crippen LogP contribution in [0.15, 0.2) is 48.7 Å². The van der Waals surface area contributed by atoms with E-state index in [2.05, 4.69) is 77.9 Å². The number of aromatic nitrogens is 3. The zero-order chi connectivity index (χ0) is 18.5. The van der Waals surface area contributed by atoms with Crippen LogP contribution < -0.4 is 0 Å². The minimum Gasteiger partial charge on any atom is -0.361 e. The van der Waals surface area contributed by atoms with Crippen LogP contribution in [0, 0.1) is 13.8 Å². The number of aromatic amines is 1. The number of nitrogens with zero attached hydrogens (tertiary/aromatic N) is 3. The fourth-order valence-corrected chi connectivity index (χ4v) is 4.31. The van der Waals surface area contributed by atoms with Gasteiger partial charge in [0.05, 0.1) is 17.1 Å². The fourth-order valence-electron chi connectivity index (χ4n) is 4.31. The van der Waals surface area contributed by atoms with Crippen molar-refractivity contribution in [3.8, 4) is 16.9 Å². The van der Waals surface area contributed by atoms with Gasteiger partial charge in [-0.3, -0.25) is 0 Å². The van der Waals surface area contributed by atoms with E-state index in [1.807, 2.05) is 6.20 Å². The van der Waals surface area contributed by atoms with Crippen LogP contribution in [0.25, 0.3) is 27.8 Å². The summed E-state index contributed by atoms with van der Waals surface area (Å²) in [5.74, 6) is 0. The highest BCUT2D eigenvalue weighted by Crippen LogP contribution is 2.35. The van der Waals surface area contributed by atoms with E-state index >= 15 is 0 Å². The Morgan fingerprint density at radius 2 is 1.85 bits per heavy atom. The van der Waals surface area contributed by atoms with Crippen LogP contribution >= 0.6 is 0 Å². The molecule has 0 atom stereocenters. The maximum atomic E-state index is 5.10. The molecule has 0 fully saturated rings. The Bertz CT molecular complexity index is 1130. The lowest BCUT2D eigenvalue weighted by Gasteiger charge is -2.22. The van der Waals surface area contributed by atoms with E-state index < -0.39 is 0 Å². The molecule has 3 heterocycles. The smallest absolute Gasteiger partial charge is 0.0789 e. The molecule has 0 aliphatic carbocycles. The van der Waals surface area contributed by atoms with Gasteiger partial charge < -0.3 is 9.88 Å². The highest BCUT2D eigenvalue weighted by Gasteiger charge is 2.25. The molecule has 4 nitrogen and oxygen atoms in total. The van der Waals surface area contributed by atoms with Crippen molar-refractivity contribution < 1.29 is 0 Å². The van der Waals surface area contributed by atoms with E-state index in [1.165, 1.54) is 50.2 Å². The largest absolute Gasteiger partial charge is 0.361 e. The lowest BCUT2D eigenvalue weighted by molar-refractivity contribution is 0.312. The van der Waals surface area contributed by atoms with Crippen molar-refractivity contribution in [1.82, 2.24) is 19.7 Å². The molecule has 0 saturated heterocycles. The van der Waals surface area contributed by atoms with E-state index in [1.54, 1.807) is 0 Å². The van der Waals surface area contributed by atoms with Gasteiger partial charge in [-0.05, 0) is 50.2 Å². The molecule has 0 saturated carbocycles. The van der Waals surface area contributed by atoms with Crippen molar-refractivity contribution in [3.05, 3.63) is 71.0 Å². The predicted octanol–water partition coefficient (Wildman–Crippen LogP) is 4.63. The number of para-hydroxylation sites is 1. The molecule has 0 radical (unpaired) electrons. The average Bonchev–Trinajstić information content (AvgIpc) is 3.25. The fraction of sp³-hybridized carbons (Fsp3) is 0.261. The zero-order valence-corrected chi connectivity index (χ0v) is 16.1. The predicted molar refractivity (Wildman–Crippen MR) is 110 cm³/mol. The van der Waals surface area contributed by atoms with Gasteiger partial charge in [-0.15, -0.1) is 0 Å². The number of benzene rings is 2. The Hall–Kier alpha value is -2.85. The van der Waals surface area contributed by atoms with Crippen LogP contribution in [0.3, 0.4) is 0 Å². The first kappa shape index (κ1) is 16.3. The summed E-state index contributed by atoms with van der Waals surface area (Å²) in [6.07, 6.45) is 3.00. The molecular weight excluding hydrogens is 332 g/mol. The zero-order valence-electron chi connectivity index (χ0n) is 16.1. The summed E-state index contributed by atoms with van der Waals surface area (Å²) in [7, 11) is 2.19. The second-order valence-electron chi connectivity index (χ2n) is 7.69. The molecule has 27 heavy (non-hydrogen) atoms.